The summed E-state index contributed by atoms with van der Waals surface area (Å²) in [5, 5.41) is 0. The minimum Gasteiger partial charge on any atom is -0.285 e. The van der Waals surface area contributed by atoms with E-state index in [-0.39, 0.29) is 0 Å². The fourth-order valence-corrected chi connectivity index (χ4v) is 1.31. The maximum Gasteiger partial charge on any atom is 0.416 e. The van der Waals surface area contributed by atoms with E-state index >= 15 is 0 Å². The molecule has 3 nitrogen and oxygen atoms in total. The topological polar surface area (TPSA) is 54.4 Å². The molecule has 0 heterocycles. The van der Waals surface area contributed by atoms with E-state index in [0.717, 1.165) is 0 Å². The molecule has 0 aliphatic rings. The molecule has 0 spiro atoms. The summed E-state index contributed by atoms with van der Waals surface area (Å²) in [6, 6.07) is 2.41. The lowest BCUT2D eigenvalue weighted by Gasteiger charge is -2.06. The molecule has 0 amide bonds. The van der Waals surface area contributed by atoms with E-state index in [9.17, 15) is 21.6 Å². The van der Waals surface area contributed by atoms with Gasteiger partial charge >= 0.3 is 6.18 Å². The highest BCUT2D eigenvalue weighted by atomic mass is 32.2. The normalized spacial score (nSPS) is 15.7. The number of halogens is 3. The predicted molar refractivity (Wildman–Crippen MR) is 46.7 cm³/mol. The summed E-state index contributed by atoms with van der Waals surface area (Å²) < 4.78 is 80.7. The van der Waals surface area contributed by atoms with Crippen molar-refractivity contribution in [3.8, 4) is 0 Å². The summed E-state index contributed by atoms with van der Waals surface area (Å²) in [7, 11) is -5.05. The van der Waals surface area contributed by atoms with Crippen LogP contribution < -0.4 is 0 Å². The number of benzene rings is 1. The Bertz CT molecular complexity index is 508. The molecule has 0 saturated heterocycles. The van der Waals surface area contributed by atoms with E-state index in [1.54, 1.807) is 0 Å². The third kappa shape index (κ3) is 3.88. The van der Waals surface area contributed by atoms with Gasteiger partial charge in [0, 0.05) is 0 Å². The number of rotatable bonds is 2. The van der Waals surface area contributed by atoms with Crippen LogP contribution >= 0.6 is 0 Å². The highest BCUT2D eigenvalue weighted by Gasteiger charge is 2.29. The van der Waals surface area contributed by atoms with Crippen molar-refractivity contribution in [3.63, 3.8) is 0 Å². The summed E-state index contributed by atoms with van der Waals surface area (Å²) in [6.07, 6.45) is -4.59. The van der Waals surface area contributed by atoms with Crippen molar-refractivity contribution in [1.82, 2.24) is 0 Å². The molecular formula is C8H7F3O3S. The van der Waals surface area contributed by atoms with Gasteiger partial charge in [0.15, 0.2) is 0 Å². The SMILES string of the molecule is [2H]C([2H])(c1ccc(C(F)(F)F)cc1)S(=O)(=O)O. The van der Waals surface area contributed by atoms with E-state index < -0.39 is 33.1 Å². The Hall–Kier alpha value is -1.08. The van der Waals surface area contributed by atoms with Crippen molar-refractivity contribution in [1.29, 1.82) is 0 Å². The molecule has 7 heteroatoms. The summed E-state index contributed by atoms with van der Waals surface area (Å²) in [4.78, 5) is 0. The monoisotopic (exact) mass is 242 g/mol. The lowest BCUT2D eigenvalue weighted by atomic mass is 10.1. The first kappa shape index (κ1) is 9.17. The zero-order valence-corrected chi connectivity index (χ0v) is 7.93. The van der Waals surface area contributed by atoms with Crippen LogP contribution in [0.2, 0.25) is 0 Å². The maximum absolute atomic E-state index is 12.2. The second kappa shape index (κ2) is 3.82. The third-order valence-electron chi connectivity index (χ3n) is 1.46. The fraction of sp³-hybridized carbons (Fsp3) is 0.250. The molecule has 1 rings (SSSR count). The molecule has 0 atom stereocenters. The Morgan fingerprint density at radius 1 is 1.27 bits per heavy atom. The molecule has 84 valence electrons. The van der Waals surface area contributed by atoms with Crippen molar-refractivity contribution >= 4 is 10.1 Å². The van der Waals surface area contributed by atoms with Gasteiger partial charge in [0.25, 0.3) is 10.1 Å². The molecule has 15 heavy (non-hydrogen) atoms. The minimum atomic E-state index is -5.05. The van der Waals surface area contributed by atoms with Crippen molar-refractivity contribution in [2.24, 2.45) is 0 Å². The number of hydrogen-bond donors (Lipinski definition) is 1. The minimum absolute atomic E-state index is 0.540. The molecule has 1 aromatic rings. The molecule has 0 fully saturated rings. The molecule has 0 bridgehead atoms. The van der Waals surface area contributed by atoms with E-state index in [2.05, 4.69) is 0 Å². The van der Waals surface area contributed by atoms with Gasteiger partial charge in [-0.05, 0) is 17.7 Å². The molecule has 1 N–H and O–H groups in total. The molecule has 0 aliphatic heterocycles. The van der Waals surface area contributed by atoms with Crippen molar-refractivity contribution in [2.75, 3.05) is 0 Å². The van der Waals surface area contributed by atoms with Crippen LogP contribution in [0.25, 0.3) is 0 Å². The van der Waals surface area contributed by atoms with Gasteiger partial charge in [0.1, 0.15) is 5.70 Å². The van der Waals surface area contributed by atoms with Crippen molar-refractivity contribution in [2.45, 2.75) is 11.9 Å². The highest BCUT2D eigenvalue weighted by Crippen LogP contribution is 2.29. The molecule has 0 unspecified atom stereocenters. The van der Waals surface area contributed by atoms with Crippen LogP contribution in [0.15, 0.2) is 24.3 Å². The van der Waals surface area contributed by atoms with Gasteiger partial charge in [-0.2, -0.15) is 21.6 Å². The van der Waals surface area contributed by atoms with Crippen LogP contribution in [0.4, 0.5) is 13.2 Å². The average Bonchev–Trinajstić information content (AvgIpc) is 2.15. The van der Waals surface area contributed by atoms with Gasteiger partial charge in [0.2, 0.25) is 0 Å². The predicted octanol–water partition coefficient (Wildman–Crippen LogP) is 2.09. The Morgan fingerprint density at radius 3 is 2.07 bits per heavy atom. The summed E-state index contributed by atoms with van der Waals surface area (Å²) >= 11 is 0. The second-order valence-electron chi connectivity index (χ2n) is 2.65. The Balaban J connectivity index is 3.21. The van der Waals surface area contributed by atoms with Gasteiger partial charge in [-0.1, -0.05) is 12.1 Å². The lowest BCUT2D eigenvalue weighted by molar-refractivity contribution is -0.137. The average molecular weight is 242 g/mol. The molecule has 0 saturated carbocycles. The first-order chi connectivity index (χ1) is 7.46. The number of alkyl halides is 3. The standard InChI is InChI=1S/C8H7F3O3S/c9-8(10,11)7-3-1-6(2-4-7)5-15(12,13)14/h1-4H,5H2,(H,12,13,14)/i5D2. The molecule has 1 aromatic carbocycles. The first-order valence-corrected chi connectivity index (χ1v) is 5.05. The summed E-state index contributed by atoms with van der Waals surface area (Å²) in [5.41, 5.74) is -4.75. The van der Waals surface area contributed by atoms with Crippen LogP contribution in [-0.4, -0.2) is 13.0 Å². The van der Waals surface area contributed by atoms with Gasteiger partial charge in [-0.25, -0.2) is 0 Å². The van der Waals surface area contributed by atoms with Gasteiger partial charge < -0.3 is 0 Å². The smallest absolute Gasteiger partial charge is 0.285 e. The van der Waals surface area contributed by atoms with E-state index in [1.165, 1.54) is 0 Å². The highest BCUT2D eigenvalue weighted by molar-refractivity contribution is 7.85. The first-order valence-electron chi connectivity index (χ1n) is 4.61. The van der Waals surface area contributed by atoms with Crippen LogP contribution in [0, 0.1) is 0 Å². The molecule has 0 aromatic heterocycles. The van der Waals surface area contributed by atoms with E-state index in [0.29, 0.717) is 24.3 Å². The van der Waals surface area contributed by atoms with Crippen LogP contribution in [0.5, 0.6) is 0 Å². The van der Waals surface area contributed by atoms with Gasteiger partial charge in [-0.15, -0.1) is 0 Å². The van der Waals surface area contributed by atoms with Crippen LogP contribution in [0.1, 0.15) is 13.9 Å². The van der Waals surface area contributed by atoms with Gasteiger partial charge in [0.05, 0.1) is 8.30 Å². The number of hydrogen-bond acceptors (Lipinski definition) is 2. The van der Waals surface area contributed by atoms with Crippen molar-refractivity contribution < 1.29 is 28.9 Å². The summed E-state index contributed by atoms with van der Waals surface area (Å²) in [6.45, 7) is 0. The Kier molecular flexibility index (Phi) is 2.34. The lowest BCUT2D eigenvalue weighted by Crippen LogP contribution is -2.06. The fourth-order valence-electron chi connectivity index (χ4n) is 0.876. The quantitative estimate of drug-likeness (QED) is 0.808. The zero-order chi connectivity index (χ0) is 13.5. The molecule has 0 aliphatic carbocycles. The Morgan fingerprint density at radius 2 is 1.73 bits per heavy atom. The van der Waals surface area contributed by atoms with Crippen LogP contribution in [-0.2, 0) is 22.0 Å². The second-order valence-corrected chi connectivity index (χ2v) is 3.81. The van der Waals surface area contributed by atoms with E-state index in [4.69, 9.17) is 7.29 Å². The largest absolute Gasteiger partial charge is 0.416 e. The molecule has 0 radical (unpaired) electrons. The van der Waals surface area contributed by atoms with Crippen molar-refractivity contribution in [3.05, 3.63) is 35.4 Å². The Labute approximate surface area is 87.1 Å². The third-order valence-corrected chi connectivity index (χ3v) is 1.95. The maximum atomic E-state index is 12.2. The van der Waals surface area contributed by atoms with Gasteiger partial charge in [-0.3, -0.25) is 4.55 Å². The summed E-state index contributed by atoms with van der Waals surface area (Å²) in [5.74, 6) is 0. The van der Waals surface area contributed by atoms with E-state index in [1.807, 2.05) is 0 Å². The molecular weight excluding hydrogens is 233 g/mol. The zero-order valence-electron chi connectivity index (χ0n) is 9.12. The van der Waals surface area contributed by atoms with Crippen LogP contribution in [0.3, 0.4) is 0 Å².